The van der Waals surface area contributed by atoms with Crippen LogP contribution in [0.25, 0.3) is 5.57 Å². The second kappa shape index (κ2) is 13.5. The molecule has 0 spiro atoms. The first-order valence-corrected chi connectivity index (χ1v) is 13.5. The molecule has 2 aromatic rings. The first kappa shape index (κ1) is 27.1. The van der Waals surface area contributed by atoms with E-state index in [1.54, 1.807) is 0 Å². The summed E-state index contributed by atoms with van der Waals surface area (Å²) in [6, 6.07) is 14.7. The molecule has 2 N–H and O–H groups in total. The van der Waals surface area contributed by atoms with Gasteiger partial charge < -0.3 is 15.2 Å². The molecule has 37 heavy (non-hydrogen) atoms. The van der Waals surface area contributed by atoms with Crippen LogP contribution >= 0.6 is 0 Å². The number of aryl methyl sites for hydroxylation is 1. The average Bonchev–Trinajstić information content (AvgIpc) is 3.27. The molecule has 198 valence electrons. The molecule has 1 heterocycles. The topological polar surface area (TPSA) is 60.1 Å². The Hall–Kier alpha value is -2.96. The Bertz CT molecular complexity index is 1120. The summed E-state index contributed by atoms with van der Waals surface area (Å²) in [5, 5.41) is 0. The molecule has 1 fully saturated rings. The minimum Gasteiger partial charge on any atom is -0.489 e. The fraction of sp³-hybridized carbons (Fsp3) is 0.452. The molecule has 1 atom stereocenters. The smallest absolute Gasteiger partial charge is 0.137 e. The van der Waals surface area contributed by atoms with E-state index in [1.165, 1.54) is 22.3 Å². The van der Waals surface area contributed by atoms with Crippen LogP contribution in [0.4, 0.5) is 10.1 Å². The summed E-state index contributed by atoms with van der Waals surface area (Å²) in [6.07, 6.45) is 8.80. The molecule has 0 bridgehead atoms. The van der Waals surface area contributed by atoms with Gasteiger partial charge in [-0.05, 0) is 104 Å². The van der Waals surface area contributed by atoms with E-state index in [0.717, 1.165) is 67.9 Å². The Morgan fingerprint density at radius 2 is 2.03 bits per heavy atom. The van der Waals surface area contributed by atoms with Crippen molar-refractivity contribution in [2.24, 2.45) is 4.99 Å². The maximum atomic E-state index is 12.5. The van der Waals surface area contributed by atoms with E-state index in [4.69, 9.17) is 15.2 Å². The summed E-state index contributed by atoms with van der Waals surface area (Å²) < 4.78 is 24.2. The Kier molecular flexibility index (Phi) is 9.92. The summed E-state index contributed by atoms with van der Waals surface area (Å²) in [4.78, 5) is 6.81. The predicted octanol–water partition coefficient (Wildman–Crippen LogP) is 6.23. The van der Waals surface area contributed by atoms with Crippen LogP contribution in [-0.4, -0.2) is 56.9 Å². The Labute approximate surface area is 220 Å². The number of hydrogen-bond donors (Lipinski definition) is 1. The van der Waals surface area contributed by atoms with Gasteiger partial charge in [-0.3, -0.25) is 14.3 Å². The SMILES string of the molecule is C/C=C(\C=NCOCC)C1=C(c2ccc(OC3CCN(CCCF)C3)cc2)c2ccc(N)cc2CCC1. The van der Waals surface area contributed by atoms with Crippen molar-refractivity contribution in [2.75, 3.05) is 45.4 Å². The van der Waals surface area contributed by atoms with Crippen LogP contribution in [0.5, 0.6) is 5.75 Å². The molecule has 1 aliphatic heterocycles. The first-order valence-electron chi connectivity index (χ1n) is 13.5. The van der Waals surface area contributed by atoms with Crippen molar-refractivity contribution in [1.29, 1.82) is 0 Å². The molecule has 1 saturated heterocycles. The first-order chi connectivity index (χ1) is 18.1. The van der Waals surface area contributed by atoms with Crippen molar-refractivity contribution in [3.05, 3.63) is 76.4 Å². The monoisotopic (exact) mass is 505 g/mol. The van der Waals surface area contributed by atoms with Crippen molar-refractivity contribution >= 4 is 17.5 Å². The molecular formula is C31H40FN3O2. The number of nitrogens with two attached hydrogens (primary N) is 1. The number of nitrogen functional groups attached to an aromatic ring is 1. The van der Waals surface area contributed by atoms with Gasteiger partial charge in [0.1, 0.15) is 18.6 Å². The lowest BCUT2D eigenvalue weighted by atomic mass is 9.87. The predicted molar refractivity (Wildman–Crippen MR) is 151 cm³/mol. The number of benzene rings is 2. The number of ether oxygens (including phenoxy) is 2. The third-order valence-electron chi connectivity index (χ3n) is 7.12. The van der Waals surface area contributed by atoms with Gasteiger partial charge in [-0.25, -0.2) is 0 Å². The fourth-order valence-electron chi connectivity index (χ4n) is 5.30. The molecule has 1 unspecified atom stereocenters. The minimum absolute atomic E-state index is 0.151. The number of fused-ring (bicyclic) bond motifs is 1. The molecular weight excluding hydrogens is 465 g/mol. The lowest BCUT2D eigenvalue weighted by molar-refractivity contribution is 0.156. The van der Waals surface area contributed by atoms with E-state index < -0.39 is 0 Å². The second-order valence-corrected chi connectivity index (χ2v) is 9.70. The molecule has 0 amide bonds. The van der Waals surface area contributed by atoms with Crippen LogP contribution in [0.3, 0.4) is 0 Å². The maximum Gasteiger partial charge on any atom is 0.137 e. The number of halogens is 1. The van der Waals surface area contributed by atoms with E-state index in [2.05, 4.69) is 59.3 Å². The third-order valence-corrected chi connectivity index (χ3v) is 7.12. The number of rotatable bonds is 11. The largest absolute Gasteiger partial charge is 0.489 e. The highest BCUT2D eigenvalue weighted by Crippen LogP contribution is 2.39. The molecule has 5 nitrogen and oxygen atoms in total. The second-order valence-electron chi connectivity index (χ2n) is 9.70. The number of anilines is 1. The van der Waals surface area contributed by atoms with Crippen LogP contribution in [0.15, 0.2) is 64.7 Å². The quantitative estimate of drug-likeness (QED) is 0.223. The molecule has 4 rings (SSSR count). The zero-order valence-corrected chi connectivity index (χ0v) is 22.2. The number of likely N-dealkylation sites (tertiary alicyclic amines) is 1. The number of hydrogen-bond acceptors (Lipinski definition) is 5. The van der Waals surface area contributed by atoms with Crippen LogP contribution in [-0.2, 0) is 11.2 Å². The standard InChI is InChI=1S/C31H40FN3O2/c1-3-23(20-34-22-36-4-2)29-8-5-7-25-19-26(33)11-14-30(25)31(29)24-9-12-27(13-10-24)37-28-15-18-35(21-28)17-6-16-32/h3,9-14,19-20,28H,4-8,15-18,21-22,33H2,1-2H3/b23-3+,34-20?. The maximum absolute atomic E-state index is 12.5. The van der Waals surface area contributed by atoms with Crippen LogP contribution < -0.4 is 10.5 Å². The van der Waals surface area contributed by atoms with Gasteiger partial charge in [0.2, 0.25) is 0 Å². The molecule has 1 aliphatic carbocycles. The van der Waals surface area contributed by atoms with E-state index in [-0.39, 0.29) is 12.8 Å². The van der Waals surface area contributed by atoms with E-state index >= 15 is 0 Å². The zero-order valence-electron chi connectivity index (χ0n) is 22.2. The summed E-state index contributed by atoms with van der Waals surface area (Å²) in [5.41, 5.74) is 14.3. The summed E-state index contributed by atoms with van der Waals surface area (Å²) in [7, 11) is 0. The minimum atomic E-state index is -0.260. The van der Waals surface area contributed by atoms with Crippen molar-refractivity contribution in [2.45, 2.75) is 52.1 Å². The fourth-order valence-corrected chi connectivity index (χ4v) is 5.30. The molecule has 2 aromatic carbocycles. The van der Waals surface area contributed by atoms with Gasteiger partial charge in [-0.2, -0.15) is 0 Å². The van der Waals surface area contributed by atoms with Gasteiger partial charge in [-0.15, -0.1) is 0 Å². The van der Waals surface area contributed by atoms with Crippen LogP contribution in [0.2, 0.25) is 0 Å². The highest BCUT2D eigenvalue weighted by Gasteiger charge is 2.24. The highest BCUT2D eigenvalue weighted by molar-refractivity contribution is 5.95. The van der Waals surface area contributed by atoms with Crippen molar-refractivity contribution < 1.29 is 13.9 Å². The number of aliphatic imine (C=N–C) groups is 1. The van der Waals surface area contributed by atoms with E-state index in [9.17, 15) is 4.39 Å². The van der Waals surface area contributed by atoms with E-state index in [1.807, 2.05) is 19.2 Å². The molecule has 0 radical (unpaired) electrons. The lowest BCUT2D eigenvalue weighted by Crippen LogP contribution is -2.26. The van der Waals surface area contributed by atoms with Gasteiger partial charge in [0.05, 0.1) is 6.67 Å². The van der Waals surface area contributed by atoms with Gasteiger partial charge in [0.25, 0.3) is 0 Å². The van der Waals surface area contributed by atoms with Crippen LogP contribution in [0, 0.1) is 0 Å². The third kappa shape index (κ3) is 7.08. The Morgan fingerprint density at radius 3 is 2.78 bits per heavy atom. The van der Waals surface area contributed by atoms with Gasteiger partial charge in [0.15, 0.2) is 0 Å². The van der Waals surface area contributed by atoms with Crippen molar-refractivity contribution in [3.8, 4) is 5.75 Å². The molecule has 0 saturated carbocycles. The number of allylic oxidation sites excluding steroid dienone is 3. The van der Waals surface area contributed by atoms with Crippen molar-refractivity contribution in [1.82, 2.24) is 4.90 Å². The van der Waals surface area contributed by atoms with Gasteiger partial charge in [0, 0.05) is 38.1 Å². The summed E-state index contributed by atoms with van der Waals surface area (Å²) in [6.45, 7) is 7.42. The van der Waals surface area contributed by atoms with E-state index in [0.29, 0.717) is 19.8 Å². The van der Waals surface area contributed by atoms with Gasteiger partial charge in [-0.1, -0.05) is 24.3 Å². The van der Waals surface area contributed by atoms with Gasteiger partial charge >= 0.3 is 0 Å². The van der Waals surface area contributed by atoms with Crippen molar-refractivity contribution in [3.63, 3.8) is 0 Å². The zero-order chi connectivity index (χ0) is 26.0. The Morgan fingerprint density at radius 1 is 1.19 bits per heavy atom. The lowest BCUT2D eigenvalue weighted by Gasteiger charge is -2.19. The highest BCUT2D eigenvalue weighted by atomic mass is 19.1. The normalized spacial score (nSPS) is 18.9. The van der Waals surface area contributed by atoms with Crippen LogP contribution in [0.1, 0.15) is 56.2 Å². The summed E-state index contributed by atoms with van der Waals surface area (Å²) >= 11 is 0. The molecule has 6 heteroatoms. The summed E-state index contributed by atoms with van der Waals surface area (Å²) in [5.74, 6) is 0.874. The Balaban J connectivity index is 1.63. The average molecular weight is 506 g/mol. The number of nitrogens with zero attached hydrogens (tertiary/aromatic N) is 2. The molecule has 2 aliphatic rings. The number of alkyl halides is 1. The molecule has 0 aromatic heterocycles.